The van der Waals surface area contributed by atoms with Gasteiger partial charge < -0.3 is 5.11 Å². The Morgan fingerprint density at radius 2 is 1.55 bits per heavy atom. The number of hydrogen-bond donors (Lipinski definition) is 1. The van der Waals surface area contributed by atoms with E-state index in [1.54, 1.807) is 6.07 Å². The number of nitrogens with zero attached hydrogens (tertiary/aromatic N) is 1. The fourth-order valence-electron chi connectivity index (χ4n) is 3.58. The molecule has 1 aliphatic rings. The number of sulfonamides is 1. The second-order valence-electron chi connectivity index (χ2n) is 8.20. The fourth-order valence-corrected chi connectivity index (χ4v) is 6.90. The molecule has 0 bridgehead atoms. The van der Waals surface area contributed by atoms with Gasteiger partial charge in [-0.2, -0.15) is 4.31 Å². The zero-order valence-corrected chi connectivity index (χ0v) is 20.6. The second-order valence-corrected chi connectivity index (χ2v) is 11.6. The molecule has 10 heteroatoms. The predicted octanol–water partition coefficient (Wildman–Crippen LogP) is 6.47. The van der Waals surface area contributed by atoms with E-state index < -0.39 is 33.5 Å². The van der Waals surface area contributed by atoms with E-state index in [1.807, 2.05) is 20.8 Å². The minimum atomic E-state index is -4.34. The maximum absolute atomic E-state index is 13.9. The summed E-state index contributed by atoms with van der Waals surface area (Å²) in [7, 11) is -4.34. The fraction of sp³-hybridized carbons (Fsp3) is 0.286. The largest absolute Gasteiger partial charge is 0.478 e. The minimum absolute atomic E-state index is 0.0585. The molecule has 31 heavy (non-hydrogen) atoms. The Labute approximate surface area is 201 Å². The third-order valence-electron chi connectivity index (χ3n) is 5.01. The molecular formula is C21H19Cl4NO4S. The lowest BCUT2D eigenvalue weighted by molar-refractivity contribution is -0.133. The van der Waals surface area contributed by atoms with E-state index in [4.69, 9.17) is 46.4 Å². The first-order valence-electron chi connectivity index (χ1n) is 9.14. The van der Waals surface area contributed by atoms with Crippen LogP contribution >= 0.6 is 46.4 Å². The second kappa shape index (κ2) is 8.58. The highest BCUT2D eigenvalue weighted by atomic mass is 35.5. The first kappa shape index (κ1) is 24.4. The summed E-state index contributed by atoms with van der Waals surface area (Å²) in [4.78, 5) is 11.9. The zero-order chi connectivity index (χ0) is 23.3. The van der Waals surface area contributed by atoms with Crippen molar-refractivity contribution < 1.29 is 18.3 Å². The summed E-state index contributed by atoms with van der Waals surface area (Å²) in [6.45, 7) is 5.46. The lowest BCUT2D eigenvalue weighted by atomic mass is 9.87. The summed E-state index contributed by atoms with van der Waals surface area (Å²) in [5.41, 5.74) is -0.376. The van der Waals surface area contributed by atoms with Crippen molar-refractivity contribution in [1.29, 1.82) is 0 Å². The van der Waals surface area contributed by atoms with Gasteiger partial charge in [-0.15, -0.1) is 0 Å². The lowest BCUT2D eigenvalue weighted by Crippen LogP contribution is -2.45. The van der Waals surface area contributed by atoms with Crippen molar-refractivity contribution in [2.45, 2.75) is 37.8 Å². The van der Waals surface area contributed by atoms with E-state index >= 15 is 0 Å². The van der Waals surface area contributed by atoms with Crippen molar-refractivity contribution in [2.75, 3.05) is 0 Å². The Morgan fingerprint density at radius 1 is 0.968 bits per heavy atom. The molecule has 0 fully saturated rings. The van der Waals surface area contributed by atoms with E-state index in [9.17, 15) is 18.3 Å². The zero-order valence-electron chi connectivity index (χ0n) is 16.7. The molecule has 0 aliphatic carbocycles. The monoisotopic (exact) mass is 521 g/mol. The van der Waals surface area contributed by atoms with Gasteiger partial charge in [0.1, 0.15) is 4.90 Å². The van der Waals surface area contributed by atoms with Crippen molar-refractivity contribution in [1.82, 2.24) is 4.31 Å². The maximum atomic E-state index is 13.9. The topological polar surface area (TPSA) is 74.7 Å². The summed E-state index contributed by atoms with van der Waals surface area (Å²) in [5.74, 6) is -1.24. The summed E-state index contributed by atoms with van der Waals surface area (Å²) in [5, 5.41) is 10.2. The van der Waals surface area contributed by atoms with Crippen LogP contribution < -0.4 is 0 Å². The molecule has 2 atom stereocenters. The molecule has 2 aromatic carbocycles. The van der Waals surface area contributed by atoms with Crippen LogP contribution in [0.15, 0.2) is 52.9 Å². The average molecular weight is 523 g/mol. The Bertz CT molecular complexity index is 1170. The Balaban J connectivity index is 2.33. The van der Waals surface area contributed by atoms with Crippen LogP contribution in [0.2, 0.25) is 20.1 Å². The molecule has 1 aliphatic heterocycles. The molecular weight excluding hydrogens is 504 g/mol. The van der Waals surface area contributed by atoms with Crippen LogP contribution in [0, 0.1) is 5.41 Å². The van der Waals surface area contributed by atoms with Crippen LogP contribution in [0.1, 0.15) is 32.4 Å². The van der Waals surface area contributed by atoms with Gasteiger partial charge in [0.15, 0.2) is 0 Å². The number of halogens is 4. The highest BCUT2D eigenvalue weighted by Gasteiger charge is 2.50. The van der Waals surface area contributed by atoms with Gasteiger partial charge in [0, 0.05) is 6.04 Å². The van der Waals surface area contributed by atoms with Gasteiger partial charge in [-0.3, -0.25) is 0 Å². The molecule has 2 aromatic rings. The van der Waals surface area contributed by atoms with Gasteiger partial charge in [0.25, 0.3) is 0 Å². The van der Waals surface area contributed by atoms with Gasteiger partial charge in [0.05, 0.1) is 31.7 Å². The van der Waals surface area contributed by atoms with E-state index in [1.165, 1.54) is 36.4 Å². The number of carboxylic acid groups (broad SMARTS) is 1. The number of aliphatic carboxylic acids is 1. The molecule has 3 rings (SSSR count). The van der Waals surface area contributed by atoms with Crippen LogP contribution in [-0.2, 0) is 14.8 Å². The number of carbonyl (C=O) groups is 1. The Hall–Kier alpha value is -1.28. The van der Waals surface area contributed by atoms with Crippen molar-refractivity contribution >= 4 is 62.4 Å². The summed E-state index contributed by atoms with van der Waals surface area (Å²) in [6, 6.07) is 6.93. The molecule has 1 N–H and O–H groups in total. The highest BCUT2D eigenvalue weighted by molar-refractivity contribution is 7.89. The van der Waals surface area contributed by atoms with Crippen LogP contribution in [0.3, 0.4) is 0 Å². The normalized spacial score (nSPS) is 20.0. The van der Waals surface area contributed by atoms with Crippen molar-refractivity contribution in [3.63, 3.8) is 0 Å². The predicted molar refractivity (Wildman–Crippen MR) is 124 cm³/mol. The molecule has 0 saturated carbocycles. The quantitative estimate of drug-likeness (QED) is 0.499. The van der Waals surface area contributed by atoms with Crippen molar-refractivity contribution in [3.8, 4) is 0 Å². The minimum Gasteiger partial charge on any atom is -0.478 e. The summed E-state index contributed by atoms with van der Waals surface area (Å²) in [6.07, 6.45) is 1.46. The molecule has 0 aromatic heterocycles. The van der Waals surface area contributed by atoms with Gasteiger partial charge in [0.2, 0.25) is 10.0 Å². The van der Waals surface area contributed by atoms with Gasteiger partial charge in [-0.25, -0.2) is 13.2 Å². The molecule has 0 saturated heterocycles. The van der Waals surface area contributed by atoms with E-state index in [-0.39, 0.29) is 30.6 Å². The Morgan fingerprint density at radius 3 is 2.03 bits per heavy atom. The van der Waals surface area contributed by atoms with Gasteiger partial charge in [-0.1, -0.05) is 85.4 Å². The smallest absolute Gasteiger partial charge is 0.333 e. The molecule has 166 valence electrons. The number of rotatable bonds is 4. The van der Waals surface area contributed by atoms with Crippen LogP contribution in [0.25, 0.3) is 0 Å². The van der Waals surface area contributed by atoms with E-state index in [0.717, 1.165) is 4.31 Å². The number of benzene rings is 2. The number of hydrogen-bond acceptors (Lipinski definition) is 3. The molecule has 0 amide bonds. The third-order valence-corrected chi connectivity index (χ3v) is 8.55. The van der Waals surface area contributed by atoms with Crippen molar-refractivity contribution in [3.05, 3.63) is 73.7 Å². The standard InChI is InChI=1S/C21H19Cl4NO4S/c1-21(2,3)17-10-12(20(27)28)18(11-7-8-13(22)16(25)9-11)26(17)31(29,30)19-14(23)5-4-6-15(19)24/h4-10,17-18H,1-3H3,(H,27,28)/t17-,18-/m0/s1. The third kappa shape index (κ3) is 4.47. The maximum Gasteiger partial charge on any atom is 0.333 e. The van der Waals surface area contributed by atoms with Crippen molar-refractivity contribution in [2.24, 2.45) is 5.41 Å². The first-order chi connectivity index (χ1) is 14.3. The SMILES string of the molecule is CC(C)(C)[C@@H]1C=C(C(=O)O)[C@H](c2ccc(Cl)c(Cl)c2)N1S(=O)(=O)c1c(Cl)cccc1Cl. The number of carboxylic acids is 1. The van der Waals surface area contributed by atoms with E-state index in [0.29, 0.717) is 5.56 Å². The van der Waals surface area contributed by atoms with Crippen LogP contribution in [0.4, 0.5) is 0 Å². The molecule has 5 nitrogen and oxygen atoms in total. The molecule has 0 radical (unpaired) electrons. The summed E-state index contributed by atoms with van der Waals surface area (Å²) < 4.78 is 29.0. The summed E-state index contributed by atoms with van der Waals surface area (Å²) >= 11 is 24.6. The first-order valence-corrected chi connectivity index (χ1v) is 12.1. The van der Waals surface area contributed by atoms with Gasteiger partial charge >= 0.3 is 5.97 Å². The van der Waals surface area contributed by atoms with E-state index in [2.05, 4.69) is 0 Å². The lowest BCUT2D eigenvalue weighted by Gasteiger charge is -2.37. The van der Waals surface area contributed by atoms with Crippen LogP contribution in [0.5, 0.6) is 0 Å². The molecule has 1 heterocycles. The molecule has 0 spiro atoms. The Kier molecular flexibility index (Phi) is 6.74. The molecule has 0 unspecified atom stereocenters. The average Bonchev–Trinajstić information content (AvgIpc) is 3.06. The van der Waals surface area contributed by atoms with Gasteiger partial charge in [-0.05, 0) is 35.2 Å². The highest BCUT2D eigenvalue weighted by Crippen LogP contribution is 2.48. The van der Waals surface area contributed by atoms with Crippen LogP contribution in [-0.4, -0.2) is 29.8 Å².